The molecule has 4 heteroatoms. The molecule has 0 bridgehead atoms. The number of hydrogen-bond donors (Lipinski definition) is 1. The van der Waals surface area contributed by atoms with Crippen LogP contribution in [-0.4, -0.2) is 14.9 Å². The fraction of sp³-hybridized carbons (Fsp3) is 0.200. The third kappa shape index (κ3) is 1.07. The second-order valence-electron chi connectivity index (χ2n) is 1.70. The van der Waals surface area contributed by atoms with Crippen molar-refractivity contribution in [2.45, 2.75) is 0 Å². The Kier molecular flexibility index (Phi) is 1.22. The number of aromatic nitrogens is 2. The molecule has 0 atom stereocenters. The predicted octanol–water partition coefficient (Wildman–Crippen LogP) is -0.514. The minimum Gasteiger partial charge on any atom is -0.503 e. The molecule has 0 aliphatic rings. The summed E-state index contributed by atoms with van der Waals surface area (Å²) in [5.41, 5.74) is -0.451. The molecular weight excluding hydrogens is 120 g/mol. The molecule has 0 aromatic carbocycles. The average Bonchev–Trinajstić information content (AvgIpc) is 1.80. The molecule has 0 radical (unpaired) electrons. The van der Waals surface area contributed by atoms with Crippen molar-refractivity contribution in [1.82, 2.24) is 9.78 Å². The van der Waals surface area contributed by atoms with Gasteiger partial charge in [-0.1, -0.05) is 0 Å². The van der Waals surface area contributed by atoms with Gasteiger partial charge >= 0.3 is 0 Å². The molecular formula is C5H6N2O2. The molecule has 1 rings (SSSR count). The molecule has 0 spiro atoms. The molecule has 0 saturated carbocycles. The van der Waals surface area contributed by atoms with Gasteiger partial charge in [0.1, 0.15) is 0 Å². The third-order valence-corrected chi connectivity index (χ3v) is 0.919. The summed E-state index contributed by atoms with van der Waals surface area (Å²) in [5, 5.41) is 12.3. The normalized spacial score (nSPS) is 9.44. The molecule has 0 unspecified atom stereocenters. The fourth-order valence-corrected chi connectivity index (χ4v) is 0.484. The highest BCUT2D eigenvalue weighted by Gasteiger charge is 1.92. The molecule has 4 nitrogen and oxygen atoms in total. The highest BCUT2D eigenvalue weighted by molar-refractivity contribution is 5.11. The van der Waals surface area contributed by atoms with Gasteiger partial charge in [-0.2, -0.15) is 5.10 Å². The zero-order chi connectivity index (χ0) is 6.85. The van der Waals surface area contributed by atoms with Crippen molar-refractivity contribution < 1.29 is 5.11 Å². The van der Waals surface area contributed by atoms with Gasteiger partial charge in [0.05, 0.1) is 12.4 Å². The van der Waals surface area contributed by atoms with Gasteiger partial charge in [-0.3, -0.25) is 9.48 Å². The second-order valence-corrected chi connectivity index (χ2v) is 1.70. The van der Waals surface area contributed by atoms with Crippen molar-refractivity contribution in [3.05, 3.63) is 22.6 Å². The maximum atomic E-state index is 10.4. The average molecular weight is 126 g/mol. The summed E-state index contributed by atoms with van der Waals surface area (Å²) in [7, 11) is 1.62. The van der Waals surface area contributed by atoms with Gasteiger partial charge < -0.3 is 5.11 Å². The van der Waals surface area contributed by atoms with E-state index in [1.165, 1.54) is 10.9 Å². The maximum Gasteiger partial charge on any atom is 0.241 e. The van der Waals surface area contributed by atoms with E-state index in [-0.39, 0.29) is 5.75 Å². The van der Waals surface area contributed by atoms with Crippen LogP contribution in [0.2, 0.25) is 0 Å². The van der Waals surface area contributed by atoms with Gasteiger partial charge in [0.15, 0.2) is 5.75 Å². The Morgan fingerprint density at radius 3 is 2.89 bits per heavy atom. The zero-order valence-electron chi connectivity index (χ0n) is 4.90. The van der Waals surface area contributed by atoms with E-state index >= 15 is 0 Å². The zero-order valence-corrected chi connectivity index (χ0v) is 4.90. The molecule has 0 aliphatic heterocycles. The Bertz CT molecular complexity index is 266. The highest BCUT2D eigenvalue weighted by Crippen LogP contribution is 1.92. The smallest absolute Gasteiger partial charge is 0.241 e. The number of hydrogen-bond acceptors (Lipinski definition) is 3. The van der Waals surface area contributed by atoms with Crippen molar-refractivity contribution >= 4 is 0 Å². The quantitative estimate of drug-likeness (QED) is 0.509. The van der Waals surface area contributed by atoms with E-state index in [1.54, 1.807) is 7.05 Å². The lowest BCUT2D eigenvalue weighted by Crippen LogP contribution is -2.05. The van der Waals surface area contributed by atoms with Crippen LogP contribution in [0.15, 0.2) is 17.2 Å². The van der Waals surface area contributed by atoms with E-state index in [0.29, 0.717) is 0 Å². The first-order valence-electron chi connectivity index (χ1n) is 2.42. The van der Waals surface area contributed by atoms with Crippen molar-refractivity contribution in [3.63, 3.8) is 0 Å². The van der Waals surface area contributed by atoms with E-state index in [0.717, 1.165) is 6.20 Å². The first-order valence-corrected chi connectivity index (χ1v) is 2.42. The Labute approximate surface area is 51.4 Å². The molecule has 1 aromatic rings. The first kappa shape index (κ1) is 5.81. The lowest BCUT2D eigenvalue weighted by Gasteiger charge is -1.93. The van der Waals surface area contributed by atoms with Crippen LogP contribution in [0.25, 0.3) is 0 Å². The van der Waals surface area contributed by atoms with E-state index < -0.39 is 5.43 Å². The molecule has 9 heavy (non-hydrogen) atoms. The van der Waals surface area contributed by atoms with Crippen LogP contribution in [0.3, 0.4) is 0 Å². The van der Waals surface area contributed by atoms with Crippen LogP contribution < -0.4 is 5.43 Å². The molecule has 0 fully saturated rings. The van der Waals surface area contributed by atoms with Crippen molar-refractivity contribution in [2.75, 3.05) is 0 Å². The summed E-state index contributed by atoms with van der Waals surface area (Å²) in [6, 6.07) is 0. The van der Waals surface area contributed by atoms with Crippen molar-refractivity contribution in [1.29, 1.82) is 0 Å². The fourth-order valence-electron chi connectivity index (χ4n) is 0.484. The third-order valence-electron chi connectivity index (χ3n) is 0.919. The lowest BCUT2D eigenvalue weighted by atomic mass is 10.5. The molecule has 0 amide bonds. The second kappa shape index (κ2) is 1.89. The van der Waals surface area contributed by atoms with Crippen LogP contribution in [0.1, 0.15) is 0 Å². The standard InChI is InChI=1S/C5H6N2O2/c1-7-3-5(9)4(8)2-6-7/h2-3,9H,1H3. The Balaban J connectivity index is 3.34. The Hall–Kier alpha value is -1.32. The number of rotatable bonds is 0. The van der Waals surface area contributed by atoms with Gasteiger partial charge in [0.25, 0.3) is 0 Å². The summed E-state index contributed by atoms with van der Waals surface area (Å²) in [5.74, 6) is -0.271. The number of aryl methyl sites for hydroxylation is 1. The monoisotopic (exact) mass is 126 g/mol. The SMILES string of the molecule is Cn1cc(O)c(=O)cn1. The predicted molar refractivity (Wildman–Crippen MR) is 31.1 cm³/mol. The largest absolute Gasteiger partial charge is 0.503 e. The number of aromatic hydroxyl groups is 1. The van der Waals surface area contributed by atoms with E-state index in [1.807, 2.05) is 0 Å². The molecule has 48 valence electrons. The summed E-state index contributed by atoms with van der Waals surface area (Å²) in [4.78, 5) is 10.4. The summed E-state index contributed by atoms with van der Waals surface area (Å²) in [6.07, 6.45) is 2.32. The first-order chi connectivity index (χ1) is 4.20. The van der Waals surface area contributed by atoms with Gasteiger partial charge in [-0.25, -0.2) is 0 Å². The molecule has 0 saturated heterocycles. The summed E-state index contributed by atoms with van der Waals surface area (Å²) < 4.78 is 1.36. The lowest BCUT2D eigenvalue weighted by molar-refractivity contribution is 0.458. The van der Waals surface area contributed by atoms with Crippen LogP contribution in [0.4, 0.5) is 0 Å². The van der Waals surface area contributed by atoms with Crippen LogP contribution in [0.5, 0.6) is 5.75 Å². The molecule has 1 N–H and O–H groups in total. The van der Waals surface area contributed by atoms with Gasteiger partial charge in [-0.15, -0.1) is 0 Å². The van der Waals surface area contributed by atoms with E-state index in [9.17, 15) is 4.79 Å². The summed E-state index contributed by atoms with van der Waals surface area (Å²) >= 11 is 0. The van der Waals surface area contributed by atoms with Crippen molar-refractivity contribution in [2.24, 2.45) is 7.05 Å². The minimum atomic E-state index is -0.451. The van der Waals surface area contributed by atoms with Crippen LogP contribution >= 0.6 is 0 Å². The number of nitrogens with zero attached hydrogens (tertiary/aromatic N) is 2. The van der Waals surface area contributed by atoms with Crippen LogP contribution in [-0.2, 0) is 7.05 Å². The van der Waals surface area contributed by atoms with Crippen molar-refractivity contribution in [3.8, 4) is 5.75 Å². The minimum absolute atomic E-state index is 0.271. The summed E-state index contributed by atoms with van der Waals surface area (Å²) in [6.45, 7) is 0. The van der Waals surface area contributed by atoms with Gasteiger partial charge in [0.2, 0.25) is 5.43 Å². The molecule has 1 aromatic heterocycles. The van der Waals surface area contributed by atoms with E-state index in [4.69, 9.17) is 5.11 Å². The van der Waals surface area contributed by atoms with Crippen LogP contribution in [0, 0.1) is 0 Å². The Morgan fingerprint density at radius 1 is 1.78 bits per heavy atom. The Morgan fingerprint density at radius 2 is 2.44 bits per heavy atom. The van der Waals surface area contributed by atoms with E-state index in [2.05, 4.69) is 5.10 Å². The molecule has 0 aliphatic carbocycles. The highest BCUT2D eigenvalue weighted by atomic mass is 16.3. The van der Waals surface area contributed by atoms with Gasteiger partial charge in [0, 0.05) is 7.05 Å². The topological polar surface area (TPSA) is 55.1 Å². The maximum absolute atomic E-state index is 10.4. The molecule has 1 heterocycles. The van der Waals surface area contributed by atoms with Gasteiger partial charge in [-0.05, 0) is 0 Å².